The van der Waals surface area contributed by atoms with E-state index >= 15 is 0 Å². The first-order valence-electron chi connectivity index (χ1n) is 7.06. The first-order valence-corrected chi connectivity index (χ1v) is 11.6. The van der Waals surface area contributed by atoms with Gasteiger partial charge in [-0.1, -0.05) is 33.9 Å². The minimum absolute atomic E-state index is 0.0160. The van der Waals surface area contributed by atoms with Gasteiger partial charge in [0.05, 0.1) is 29.2 Å². The maximum atomic E-state index is 13.0. The maximum Gasteiger partial charge on any atom is 0.339 e. The molecule has 0 amide bonds. The van der Waals surface area contributed by atoms with Crippen LogP contribution < -0.4 is 4.39 Å². The summed E-state index contributed by atoms with van der Waals surface area (Å²) in [6, 6.07) is 6.07. The van der Waals surface area contributed by atoms with Crippen LogP contribution in [0, 0.1) is 16.1 Å². The van der Waals surface area contributed by atoms with Crippen LogP contribution >= 0.6 is 0 Å². The highest BCUT2D eigenvalue weighted by Gasteiger charge is 2.39. The highest BCUT2D eigenvalue weighted by Crippen LogP contribution is 2.35. The number of nitrogens with one attached hydrogen (secondary N) is 2. The Bertz CT molecular complexity index is 759. The van der Waals surface area contributed by atoms with Gasteiger partial charge >= 0.3 is 5.97 Å². The predicted molar refractivity (Wildman–Crippen MR) is 92.0 cm³/mol. The minimum atomic E-state index is -3.41. The van der Waals surface area contributed by atoms with Crippen molar-refractivity contribution in [1.29, 1.82) is 10.0 Å². The number of hydrogen-bond acceptors (Lipinski definition) is 5. The van der Waals surface area contributed by atoms with Gasteiger partial charge in [-0.2, -0.15) is 5.26 Å². The zero-order chi connectivity index (χ0) is 18.1. The molecule has 1 unspecified atom stereocenters. The fourth-order valence-electron chi connectivity index (χ4n) is 1.69. The Labute approximate surface area is 139 Å². The van der Waals surface area contributed by atoms with Gasteiger partial charge in [-0.05, 0) is 23.2 Å². The molecule has 0 aliphatic heterocycles. The van der Waals surface area contributed by atoms with Crippen molar-refractivity contribution in [1.82, 2.24) is 4.39 Å². The third-order valence-electron chi connectivity index (χ3n) is 4.10. The molecule has 1 atom stereocenters. The topological polar surface area (TPSA) is 103 Å². The second-order valence-electron chi connectivity index (χ2n) is 6.85. The molecule has 0 aromatic heterocycles. The smallest absolute Gasteiger partial charge is 0.339 e. The van der Waals surface area contributed by atoms with Crippen LogP contribution in [0.3, 0.4) is 0 Å². The van der Waals surface area contributed by atoms with E-state index in [4.69, 9.17) is 14.8 Å². The molecule has 0 aliphatic rings. The van der Waals surface area contributed by atoms with Gasteiger partial charge in [0.2, 0.25) is 0 Å². The Morgan fingerprint density at radius 2 is 1.96 bits per heavy atom. The summed E-state index contributed by atoms with van der Waals surface area (Å²) in [5, 5.41) is 8.84. The largest absolute Gasteiger partial charge is 0.465 e. The van der Waals surface area contributed by atoms with Crippen molar-refractivity contribution < 1.29 is 13.7 Å². The summed E-state index contributed by atoms with van der Waals surface area (Å²) < 4.78 is 29.0. The summed E-state index contributed by atoms with van der Waals surface area (Å²) in [7, 11) is -4.45. The van der Waals surface area contributed by atoms with Crippen LogP contribution in [-0.2, 0) is 14.7 Å². The van der Waals surface area contributed by atoms with Crippen molar-refractivity contribution in [2.24, 2.45) is 0 Å². The van der Waals surface area contributed by atoms with E-state index in [1.54, 1.807) is 0 Å². The lowest BCUT2D eigenvalue weighted by atomic mass is 10.1. The van der Waals surface area contributed by atoms with E-state index in [1.807, 2.05) is 39.9 Å². The Hall–Kier alpha value is -1.69. The van der Waals surface area contributed by atoms with Crippen LogP contribution in [0.4, 0.5) is 0 Å². The van der Waals surface area contributed by atoms with Gasteiger partial charge in [-0.25, -0.2) is 18.2 Å². The van der Waals surface area contributed by atoms with Crippen LogP contribution in [0.5, 0.6) is 0 Å². The third-order valence-corrected chi connectivity index (χ3v) is 12.0. The fourth-order valence-corrected chi connectivity index (χ4v) is 6.94. The monoisotopic (exact) mass is 353 g/mol. The SMILES string of the molecule is COC(=O)c1cc(C#N)ccc1S(=N)(=O)N[Si](C)(C)C(C)(C)C. The molecule has 0 saturated carbocycles. The maximum absolute atomic E-state index is 13.0. The third kappa shape index (κ3) is 4.19. The molecule has 1 aromatic carbocycles. The molecule has 2 N–H and O–H groups in total. The molecule has 0 saturated heterocycles. The molecule has 126 valence electrons. The van der Waals surface area contributed by atoms with E-state index in [2.05, 4.69) is 4.39 Å². The van der Waals surface area contributed by atoms with Crippen molar-refractivity contribution >= 4 is 24.1 Å². The minimum Gasteiger partial charge on any atom is -0.465 e. The van der Waals surface area contributed by atoms with Crippen molar-refractivity contribution in [2.45, 2.75) is 43.8 Å². The van der Waals surface area contributed by atoms with E-state index in [0.717, 1.165) is 0 Å². The van der Waals surface area contributed by atoms with Gasteiger partial charge in [0.15, 0.2) is 0 Å². The number of carbonyl (C=O) groups excluding carboxylic acids is 1. The van der Waals surface area contributed by atoms with Crippen molar-refractivity contribution in [2.75, 3.05) is 7.11 Å². The molecule has 0 radical (unpaired) electrons. The molecule has 1 rings (SSSR count). The second-order valence-corrected chi connectivity index (χ2v) is 14.0. The molecule has 6 nitrogen and oxygen atoms in total. The van der Waals surface area contributed by atoms with E-state index in [9.17, 15) is 9.00 Å². The van der Waals surface area contributed by atoms with Gasteiger partial charge in [-0.3, -0.25) is 0 Å². The molecule has 0 fully saturated rings. The lowest BCUT2D eigenvalue weighted by Gasteiger charge is -2.37. The summed E-state index contributed by atoms with van der Waals surface area (Å²) >= 11 is 0. The van der Waals surface area contributed by atoms with Crippen LogP contribution in [0.1, 0.15) is 36.7 Å². The van der Waals surface area contributed by atoms with Crippen LogP contribution in [0.25, 0.3) is 0 Å². The second kappa shape index (κ2) is 6.43. The summed E-state index contributed by atoms with van der Waals surface area (Å²) in [5.41, 5.74) is 0.231. The molecular formula is C15H23N3O3SSi. The Morgan fingerprint density at radius 3 is 2.39 bits per heavy atom. The van der Waals surface area contributed by atoms with E-state index in [-0.39, 0.29) is 21.1 Å². The Balaban J connectivity index is 3.45. The molecular weight excluding hydrogens is 330 g/mol. The zero-order valence-electron chi connectivity index (χ0n) is 14.3. The number of nitriles is 1. The van der Waals surface area contributed by atoms with E-state index in [1.165, 1.54) is 25.3 Å². The van der Waals surface area contributed by atoms with Crippen LogP contribution in [0.15, 0.2) is 23.1 Å². The number of benzene rings is 1. The molecule has 0 spiro atoms. The normalized spacial score (nSPS) is 14.7. The molecule has 0 bridgehead atoms. The highest BCUT2D eigenvalue weighted by molar-refractivity contribution is 7.92. The first-order chi connectivity index (χ1) is 10.4. The number of rotatable bonds is 4. The quantitative estimate of drug-likeness (QED) is 0.640. The van der Waals surface area contributed by atoms with Gasteiger partial charge in [0, 0.05) is 0 Å². The first kappa shape index (κ1) is 19.4. The van der Waals surface area contributed by atoms with Gasteiger partial charge in [0.25, 0.3) is 0 Å². The van der Waals surface area contributed by atoms with Gasteiger partial charge in [-0.15, -0.1) is 0 Å². The standard InChI is InChI=1S/C15H23N3O3SSi/c1-15(2,3)23(5,6)18-22(17,20)13-8-7-11(10-16)9-12(13)14(19)21-4/h7-9H,1-6H3,(H2,17,18,20). The zero-order valence-corrected chi connectivity index (χ0v) is 16.1. The number of esters is 1. The van der Waals surface area contributed by atoms with Crippen LogP contribution in [-0.4, -0.2) is 25.5 Å². The predicted octanol–water partition coefficient (Wildman–Crippen LogP) is 3.26. The lowest BCUT2D eigenvalue weighted by molar-refractivity contribution is 0.0596. The number of carbonyl (C=O) groups is 1. The molecule has 1 aromatic rings. The summed E-state index contributed by atoms with van der Waals surface area (Å²) in [6.45, 7) is 10.1. The van der Waals surface area contributed by atoms with E-state index < -0.39 is 24.1 Å². The molecule has 0 aliphatic carbocycles. The van der Waals surface area contributed by atoms with Gasteiger partial charge < -0.3 is 4.74 Å². The summed E-state index contributed by atoms with van der Waals surface area (Å²) in [4.78, 5) is 12.0. The molecule has 0 heterocycles. The number of ether oxygens (including phenoxy) is 1. The summed E-state index contributed by atoms with van der Waals surface area (Å²) in [6.07, 6.45) is 0. The van der Waals surface area contributed by atoms with Gasteiger partial charge in [0.1, 0.15) is 18.2 Å². The van der Waals surface area contributed by atoms with E-state index in [0.29, 0.717) is 0 Å². The van der Waals surface area contributed by atoms with Crippen molar-refractivity contribution in [3.63, 3.8) is 0 Å². The van der Waals surface area contributed by atoms with Crippen molar-refractivity contribution in [3.8, 4) is 6.07 Å². The fraction of sp³-hybridized carbons (Fsp3) is 0.467. The number of hydrogen-bond donors (Lipinski definition) is 2. The molecule has 23 heavy (non-hydrogen) atoms. The highest BCUT2D eigenvalue weighted by atomic mass is 32.2. The average molecular weight is 354 g/mol. The van der Waals surface area contributed by atoms with Crippen LogP contribution in [0.2, 0.25) is 18.1 Å². The lowest BCUT2D eigenvalue weighted by Crippen LogP contribution is -2.54. The number of nitrogens with zero attached hydrogens (tertiary/aromatic N) is 1. The number of methoxy groups -OCH3 is 1. The Kier molecular flexibility index (Phi) is 5.41. The average Bonchev–Trinajstić information content (AvgIpc) is 2.43. The molecule has 8 heteroatoms. The Morgan fingerprint density at radius 1 is 1.39 bits per heavy atom. The summed E-state index contributed by atoms with van der Waals surface area (Å²) in [5.74, 6) is -0.714. The van der Waals surface area contributed by atoms with Crippen molar-refractivity contribution in [3.05, 3.63) is 29.3 Å².